The molecule has 1 N–H and O–H groups in total. The lowest BCUT2D eigenvalue weighted by Crippen LogP contribution is -2.26. The molecule has 0 spiro atoms. The minimum Gasteiger partial charge on any atom is -0.382 e. The third kappa shape index (κ3) is 4.39. The van der Waals surface area contributed by atoms with Crippen LogP contribution in [0.4, 0.5) is 0 Å². The second kappa shape index (κ2) is 7.87. The van der Waals surface area contributed by atoms with Crippen LogP contribution < -0.4 is 5.32 Å². The van der Waals surface area contributed by atoms with Crippen LogP contribution in [0, 0.1) is 20.8 Å². The van der Waals surface area contributed by atoms with E-state index in [0.717, 1.165) is 17.7 Å². The van der Waals surface area contributed by atoms with Gasteiger partial charge in [-0.05, 0) is 45.7 Å². The average molecular weight is 316 g/mol. The van der Waals surface area contributed by atoms with E-state index in [1.807, 2.05) is 32.9 Å². The first-order valence-corrected chi connectivity index (χ1v) is 7.90. The predicted octanol–water partition coefficient (Wildman–Crippen LogP) is 2.35. The van der Waals surface area contributed by atoms with Crippen molar-refractivity contribution in [3.05, 3.63) is 40.7 Å². The number of carbonyl (C=O) groups excluding carboxylic acids is 1. The van der Waals surface area contributed by atoms with Crippen molar-refractivity contribution in [1.29, 1.82) is 0 Å². The lowest BCUT2D eigenvalue weighted by molar-refractivity contribution is 0.0938. The van der Waals surface area contributed by atoms with Crippen LogP contribution in [-0.2, 0) is 4.74 Å². The zero-order valence-electron chi connectivity index (χ0n) is 14.2. The Morgan fingerprint density at radius 2 is 2.04 bits per heavy atom. The van der Waals surface area contributed by atoms with Gasteiger partial charge in [0.15, 0.2) is 5.69 Å². The summed E-state index contributed by atoms with van der Waals surface area (Å²) in [7, 11) is 0. The number of nitrogens with zero attached hydrogens (tertiary/aromatic N) is 3. The van der Waals surface area contributed by atoms with Crippen LogP contribution in [-0.4, -0.2) is 40.7 Å². The molecule has 0 unspecified atom stereocenters. The number of aryl methyl sites for hydroxylation is 3. The minimum absolute atomic E-state index is 0.199. The monoisotopic (exact) mass is 316 g/mol. The standard InChI is InChI=1S/C17H24N4O2/c1-5-23-10-6-9-18-17(22)16-14(4)19-21(20-16)15-8-7-12(2)11-13(15)3/h7-8,11H,5-6,9-10H2,1-4H3,(H,18,22). The van der Waals surface area contributed by atoms with Gasteiger partial charge >= 0.3 is 0 Å². The minimum atomic E-state index is -0.199. The van der Waals surface area contributed by atoms with Gasteiger partial charge in [-0.15, -0.1) is 5.10 Å². The summed E-state index contributed by atoms with van der Waals surface area (Å²) in [5.74, 6) is -0.199. The maximum Gasteiger partial charge on any atom is 0.273 e. The van der Waals surface area contributed by atoms with Crippen molar-refractivity contribution in [2.24, 2.45) is 0 Å². The van der Waals surface area contributed by atoms with Crippen molar-refractivity contribution < 1.29 is 9.53 Å². The molecular weight excluding hydrogens is 292 g/mol. The number of ether oxygens (including phenoxy) is 1. The lowest BCUT2D eigenvalue weighted by atomic mass is 10.1. The lowest BCUT2D eigenvalue weighted by Gasteiger charge is -2.05. The number of amides is 1. The van der Waals surface area contributed by atoms with Crippen LogP contribution in [0.5, 0.6) is 0 Å². The molecule has 0 saturated carbocycles. The molecule has 23 heavy (non-hydrogen) atoms. The normalized spacial score (nSPS) is 10.8. The van der Waals surface area contributed by atoms with Gasteiger partial charge < -0.3 is 10.1 Å². The molecule has 6 heteroatoms. The van der Waals surface area contributed by atoms with Gasteiger partial charge in [-0.1, -0.05) is 17.7 Å². The van der Waals surface area contributed by atoms with E-state index >= 15 is 0 Å². The zero-order valence-corrected chi connectivity index (χ0v) is 14.2. The Hall–Kier alpha value is -2.21. The van der Waals surface area contributed by atoms with Gasteiger partial charge in [0.1, 0.15) is 0 Å². The molecule has 0 aliphatic heterocycles. The molecule has 0 fully saturated rings. The first-order chi connectivity index (χ1) is 11.0. The van der Waals surface area contributed by atoms with Crippen LogP contribution in [0.2, 0.25) is 0 Å². The largest absolute Gasteiger partial charge is 0.382 e. The zero-order chi connectivity index (χ0) is 16.8. The van der Waals surface area contributed by atoms with Crippen molar-refractivity contribution >= 4 is 5.91 Å². The molecule has 124 valence electrons. The molecule has 1 amide bonds. The number of rotatable bonds is 7. The first kappa shape index (κ1) is 17.1. The van der Waals surface area contributed by atoms with Gasteiger partial charge in [0.25, 0.3) is 5.91 Å². The Balaban J connectivity index is 2.07. The fraction of sp³-hybridized carbons (Fsp3) is 0.471. The Kier molecular flexibility index (Phi) is 5.87. The number of carbonyl (C=O) groups is 1. The summed E-state index contributed by atoms with van der Waals surface area (Å²) < 4.78 is 5.25. The number of hydrogen-bond acceptors (Lipinski definition) is 4. The van der Waals surface area contributed by atoms with E-state index in [2.05, 4.69) is 21.6 Å². The Labute approximate surface area is 136 Å². The van der Waals surface area contributed by atoms with Gasteiger partial charge in [-0.25, -0.2) is 0 Å². The maximum atomic E-state index is 12.2. The van der Waals surface area contributed by atoms with Crippen LogP contribution >= 0.6 is 0 Å². The smallest absolute Gasteiger partial charge is 0.273 e. The fourth-order valence-electron chi connectivity index (χ4n) is 2.33. The van der Waals surface area contributed by atoms with E-state index < -0.39 is 0 Å². The highest BCUT2D eigenvalue weighted by atomic mass is 16.5. The average Bonchev–Trinajstić information content (AvgIpc) is 2.88. The fourth-order valence-corrected chi connectivity index (χ4v) is 2.33. The molecule has 0 bridgehead atoms. The van der Waals surface area contributed by atoms with Gasteiger partial charge in [-0.2, -0.15) is 9.90 Å². The molecule has 1 aromatic carbocycles. The summed E-state index contributed by atoms with van der Waals surface area (Å²) in [6.45, 7) is 9.70. The molecular formula is C17H24N4O2. The number of benzene rings is 1. The van der Waals surface area contributed by atoms with Crippen molar-refractivity contribution in [2.45, 2.75) is 34.1 Å². The predicted molar refractivity (Wildman–Crippen MR) is 89.0 cm³/mol. The molecule has 0 radical (unpaired) electrons. The summed E-state index contributed by atoms with van der Waals surface area (Å²) in [5.41, 5.74) is 4.12. The molecule has 2 rings (SSSR count). The second-order valence-electron chi connectivity index (χ2n) is 5.52. The van der Waals surface area contributed by atoms with E-state index in [-0.39, 0.29) is 5.91 Å². The SMILES string of the molecule is CCOCCCNC(=O)c1nn(-c2ccc(C)cc2C)nc1C. The summed E-state index contributed by atoms with van der Waals surface area (Å²) in [5, 5.41) is 11.6. The van der Waals surface area contributed by atoms with E-state index in [0.29, 0.717) is 31.1 Å². The highest BCUT2D eigenvalue weighted by Crippen LogP contribution is 2.15. The molecule has 0 aliphatic rings. The van der Waals surface area contributed by atoms with Crippen LogP contribution in [0.1, 0.15) is 40.7 Å². The van der Waals surface area contributed by atoms with Crippen molar-refractivity contribution in [3.8, 4) is 5.69 Å². The number of aromatic nitrogens is 3. The van der Waals surface area contributed by atoms with Gasteiger partial charge in [0, 0.05) is 19.8 Å². The molecule has 6 nitrogen and oxygen atoms in total. The molecule has 0 saturated heterocycles. The van der Waals surface area contributed by atoms with Crippen LogP contribution in [0.3, 0.4) is 0 Å². The van der Waals surface area contributed by atoms with Crippen LogP contribution in [0.15, 0.2) is 18.2 Å². The van der Waals surface area contributed by atoms with E-state index in [1.54, 1.807) is 6.92 Å². The quantitative estimate of drug-likeness (QED) is 0.796. The summed E-state index contributed by atoms with van der Waals surface area (Å²) in [6, 6.07) is 6.05. The summed E-state index contributed by atoms with van der Waals surface area (Å²) in [6.07, 6.45) is 0.782. The van der Waals surface area contributed by atoms with Crippen molar-refractivity contribution in [3.63, 3.8) is 0 Å². The second-order valence-corrected chi connectivity index (χ2v) is 5.52. The van der Waals surface area contributed by atoms with E-state index in [4.69, 9.17) is 4.74 Å². The molecule has 2 aromatic rings. The summed E-state index contributed by atoms with van der Waals surface area (Å²) >= 11 is 0. The van der Waals surface area contributed by atoms with Gasteiger partial charge in [0.2, 0.25) is 0 Å². The van der Waals surface area contributed by atoms with Crippen molar-refractivity contribution in [1.82, 2.24) is 20.3 Å². The van der Waals surface area contributed by atoms with Gasteiger partial charge in [-0.3, -0.25) is 4.79 Å². The third-order valence-electron chi connectivity index (χ3n) is 3.52. The van der Waals surface area contributed by atoms with E-state index in [9.17, 15) is 4.79 Å². The Morgan fingerprint density at radius 1 is 1.26 bits per heavy atom. The van der Waals surface area contributed by atoms with Crippen LogP contribution in [0.25, 0.3) is 5.69 Å². The summed E-state index contributed by atoms with van der Waals surface area (Å²) in [4.78, 5) is 13.7. The van der Waals surface area contributed by atoms with Gasteiger partial charge in [0.05, 0.1) is 11.4 Å². The molecule has 0 atom stereocenters. The van der Waals surface area contributed by atoms with Crippen molar-refractivity contribution in [2.75, 3.05) is 19.8 Å². The Bertz CT molecular complexity index is 679. The Morgan fingerprint density at radius 3 is 2.74 bits per heavy atom. The number of nitrogens with one attached hydrogen (secondary N) is 1. The maximum absolute atomic E-state index is 12.2. The highest BCUT2D eigenvalue weighted by Gasteiger charge is 2.16. The third-order valence-corrected chi connectivity index (χ3v) is 3.52. The number of hydrogen-bond donors (Lipinski definition) is 1. The topological polar surface area (TPSA) is 69.0 Å². The highest BCUT2D eigenvalue weighted by molar-refractivity contribution is 5.93. The van der Waals surface area contributed by atoms with E-state index in [1.165, 1.54) is 10.4 Å². The molecule has 0 aliphatic carbocycles. The first-order valence-electron chi connectivity index (χ1n) is 7.90. The molecule has 1 heterocycles. The molecule has 1 aromatic heterocycles.